The summed E-state index contributed by atoms with van der Waals surface area (Å²) < 4.78 is 18.7. The van der Waals surface area contributed by atoms with E-state index in [9.17, 15) is 14.4 Å². The molecule has 25 heavy (non-hydrogen) atoms. The van der Waals surface area contributed by atoms with Crippen LogP contribution in [0, 0.1) is 22.6 Å². The molecule has 5 nitrogen and oxygen atoms in total. The number of halogens is 1. The van der Waals surface area contributed by atoms with Gasteiger partial charge in [-0.25, -0.2) is 9.18 Å². The van der Waals surface area contributed by atoms with E-state index in [1.54, 1.807) is 11.0 Å². The molecule has 2 aliphatic heterocycles. The van der Waals surface area contributed by atoms with Crippen molar-refractivity contribution < 1.29 is 13.9 Å². The van der Waals surface area contributed by atoms with Crippen LogP contribution in [-0.4, -0.2) is 47.7 Å². The van der Waals surface area contributed by atoms with Gasteiger partial charge in [-0.15, -0.1) is 0 Å². The highest BCUT2D eigenvalue weighted by Crippen LogP contribution is 2.40. The zero-order valence-electron chi connectivity index (χ0n) is 15.0. The average molecular weight is 345 g/mol. The number of nitriles is 1. The average Bonchev–Trinajstić information content (AvgIpc) is 2.90. The molecule has 1 aromatic rings. The molecule has 1 spiro atoms. The molecule has 2 saturated heterocycles. The molecule has 0 atom stereocenters. The van der Waals surface area contributed by atoms with Gasteiger partial charge in [0.25, 0.3) is 0 Å². The van der Waals surface area contributed by atoms with E-state index >= 15 is 0 Å². The van der Waals surface area contributed by atoms with Crippen molar-refractivity contribution in [3.05, 3.63) is 35.1 Å². The second-order valence-electron chi connectivity index (χ2n) is 8.21. The molecule has 0 aliphatic carbocycles. The molecule has 0 saturated carbocycles. The maximum absolute atomic E-state index is 13.3. The minimum atomic E-state index is -0.474. The van der Waals surface area contributed by atoms with Gasteiger partial charge in [0.05, 0.1) is 11.6 Å². The molecule has 1 aromatic carbocycles. The van der Waals surface area contributed by atoms with E-state index in [-0.39, 0.29) is 17.3 Å². The summed E-state index contributed by atoms with van der Waals surface area (Å²) in [4.78, 5) is 16.1. The van der Waals surface area contributed by atoms with E-state index in [0.29, 0.717) is 25.2 Å². The van der Waals surface area contributed by atoms with Crippen LogP contribution >= 0.6 is 0 Å². The molecule has 0 N–H and O–H groups in total. The van der Waals surface area contributed by atoms with Gasteiger partial charge in [0.1, 0.15) is 11.4 Å². The lowest BCUT2D eigenvalue weighted by Gasteiger charge is -2.48. The largest absolute Gasteiger partial charge is 0.444 e. The second kappa shape index (κ2) is 6.30. The van der Waals surface area contributed by atoms with Crippen molar-refractivity contribution in [2.45, 2.75) is 39.3 Å². The van der Waals surface area contributed by atoms with Crippen LogP contribution in [0.25, 0.3) is 0 Å². The van der Waals surface area contributed by atoms with Crippen LogP contribution in [0.1, 0.15) is 38.3 Å². The van der Waals surface area contributed by atoms with Crippen molar-refractivity contribution in [1.82, 2.24) is 9.80 Å². The maximum Gasteiger partial charge on any atom is 0.410 e. The molecule has 2 heterocycles. The summed E-state index contributed by atoms with van der Waals surface area (Å²) in [7, 11) is 0. The molecular weight excluding hydrogens is 321 g/mol. The highest BCUT2D eigenvalue weighted by atomic mass is 19.1. The topological polar surface area (TPSA) is 56.6 Å². The lowest BCUT2D eigenvalue weighted by Crippen LogP contribution is -2.60. The van der Waals surface area contributed by atoms with Crippen LogP contribution in [0.15, 0.2) is 18.2 Å². The molecule has 2 fully saturated rings. The van der Waals surface area contributed by atoms with Crippen LogP contribution in [0.5, 0.6) is 0 Å². The molecule has 0 unspecified atom stereocenters. The molecule has 0 bridgehead atoms. The molecule has 3 rings (SSSR count). The van der Waals surface area contributed by atoms with E-state index in [1.807, 2.05) is 20.8 Å². The summed E-state index contributed by atoms with van der Waals surface area (Å²) in [5.41, 5.74) is 0.899. The van der Waals surface area contributed by atoms with Crippen molar-refractivity contribution in [1.29, 1.82) is 5.26 Å². The molecule has 2 aliphatic rings. The first kappa shape index (κ1) is 17.7. The van der Waals surface area contributed by atoms with Gasteiger partial charge in [-0.2, -0.15) is 5.26 Å². The summed E-state index contributed by atoms with van der Waals surface area (Å²) in [6, 6.07) is 6.44. The number of benzene rings is 1. The third-order valence-electron chi connectivity index (χ3n) is 4.81. The SMILES string of the molecule is CC(C)(C)OC(=O)N1CC2(CCN(Cc3ccc(F)cc3C#N)C2)C1. The Balaban J connectivity index is 1.56. The molecule has 0 radical (unpaired) electrons. The van der Waals surface area contributed by atoms with E-state index in [0.717, 1.165) is 25.1 Å². The summed E-state index contributed by atoms with van der Waals surface area (Å²) in [6.45, 7) is 9.48. The standard InChI is InChI=1S/C19H24FN3O2/c1-18(2,3)25-17(24)23-12-19(13-23)6-7-22(11-19)10-14-4-5-16(20)8-15(14)9-21/h4-5,8H,6-7,10-13H2,1-3H3. The first-order chi connectivity index (χ1) is 11.7. The summed E-state index contributed by atoms with van der Waals surface area (Å²) in [5.74, 6) is -0.384. The fraction of sp³-hybridized carbons (Fsp3) is 0.579. The van der Waals surface area contributed by atoms with E-state index in [4.69, 9.17) is 4.74 Å². The van der Waals surface area contributed by atoms with Crippen molar-refractivity contribution in [3.8, 4) is 6.07 Å². The van der Waals surface area contributed by atoms with Gasteiger partial charge in [0.2, 0.25) is 0 Å². The number of ether oxygens (including phenoxy) is 1. The predicted octanol–water partition coefficient (Wildman–Crippen LogP) is 3.14. The Labute approximate surface area is 148 Å². The number of nitrogens with zero attached hydrogens (tertiary/aromatic N) is 3. The highest BCUT2D eigenvalue weighted by Gasteiger charge is 2.50. The fourth-order valence-corrected chi connectivity index (χ4v) is 3.67. The van der Waals surface area contributed by atoms with E-state index in [2.05, 4.69) is 11.0 Å². The smallest absolute Gasteiger partial charge is 0.410 e. The molecule has 134 valence electrons. The van der Waals surface area contributed by atoms with Gasteiger partial charge < -0.3 is 9.64 Å². The van der Waals surface area contributed by atoms with Gasteiger partial charge in [-0.3, -0.25) is 4.90 Å². The van der Waals surface area contributed by atoms with E-state index in [1.165, 1.54) is 12.1 Å². The van der Waals surface area contributed by atoms with Crippen molar-refractivity contribution in [2.24, 2.45) is 5.41 Å². The summed E-state index contributed by atoms with van der Waals surface area (Å²) in [5, 5.41) is 9.17. The maximum atomic E-state index is 13.3. The van der Waals surface area contributed by atoms with Crippen molar-refractivity contribution in [3.63, 3.8) is 0 Å². The number of hydrogen-bond donors (Lipinski definition) is 0. The van der Waals surface area contributed by atoms with E-state index < -0.39 is 5.60 Å². The third kappa shape index (κ3) is 3.93. The first-order valence-electron chi connectivity index (χ1n) is 8.59. The molecular formula is C19H24FN3O2. The third-order valence-corrected chi connectivity index (χ3v) is 4.81. The van der Waals surface area contributed by atoms with Gasteiger partial charge in [0.15, 0.2) is 0 Å². The number of likely N-dealkylation sites (tertiary alicyclic amines) is 2. The number of carbonyl (C=O) groups excluding carboxylic acids is 1. The molecule has 0 aromatic heterocycles. The van der Waals surface area contributed by atoms with Crippen molar-refractivity contribution in [2.75, 3.05) is 26.2 Å². The number of rotatable bonds is 2. The Kier molecular flexibility index (Phi) is 4.46. The Morgan fingerprint density at radius 1 is 1.36 bits per heavy atom. The zero-order valence-corrected chi connectivity index (χ0v) is 15.0. The highest BCUT2D eigenvalue weighted by molar-refractivity contribution is 5.69. The molecule has 1 amide bonds. The first-order valence-corrected chi connectivity index (χ1v) is 8.59. The Morgan fingerprint density at radius 3 is 2.72 bits per heavy atom. The van der Waals surface area contributed by atoms with Gasteiger partial charge in [0, 0.05) is 31.6 Å². The fourth-order valence-electron chi connectivity index (χ4n) is 3.67. The predicted molar refractivity (Wildman–Crippen MR) is 91.2 cm³/mol. The Bertz CT molecular complexity index is 714. The van der Waals surface area contributed by atoms with Crippen LogP contribution in [0.3, 0.4) is 0 Å². The minimum absolute atomic E-state index is 0.129. The van der Waals surface area contributed by atoms with Gasteiger partial charge >= 0.3 is 6.09 Å². The van der Waals surface area contributed by atoms with Crippen LogP contribution in [0.2, 0.25) is 0 Å². The lowest BCUT2D eigenvalue weighted by molar-refractivity contribution is -0.0306. The lowest BCUT2D eigenvalue weighted by atomic mass is 9.79. The Morgan fingerprint density at radius 2 is 2.08 bits per heavy atom. The summed E-state index contributed by atoms with van der Waals surface area (Å²) in [6.07, 6.45) is 0.775. The minimum Gasteiger partial charge on any atom is -0.444 e. The number of carbonyl (C=O) groups is 1. The quantitative estimate of drug-likeness (QED) is 0.826. The van der Waals surface area contributed by atoms with Gasteiger partial charge in [-0.05, 0) is 51.4 Å². The normalized spacial score (nSPS) is 19.6. The number of amides is 1. The van der Waals surface area contributed by atoms with Crippen LogP contribution in [0.4, 0.5) is 9.18 Å². The zero-order chi connectivity index (χ0) is 18.2. The van der Waals surface area contributed by atoms with Crippen molar-refractivity contribution >= 4 is 6.09 Å². The Hall–Kier alpha value is -2.13. The van der Waals surface area contributed by atoms with Gasteiger partial charge in [-0.1, -0.05) is 6.07 Å². The summed E-state index contributed by atoms with van der Waals surface area (Å²) >= 11 is 0. The van der Waals surface area contributed by atoms with Crippen LogP contribution < -0.4 is 0 Å². The second-order valence-corrected chi connectivity index (χ2v) is 8.21. The monoisotopic (exact) mass is 345 g/mol. The number of hydrogen-bond acceptors (Lipinski definition) is 4. The molecule has 6 heteroatoms. The van der Waals surface area contributed by atoms with Crippen LogP contribution in [-0.2, 0) is 11.3 Å².